The van der Waals surface area contributed by atoms with Crippen LogP contribution in [0.15, 0.2) is 42.7 Å². The lowest BCUT2D eigenvalue weighted by atomic mass is 10.3. The Labute approximate surface area is 121 Å². The molecule has 1 heterocycles. The fourth-order valence-electron chi connectivity index (χ4n) is 2.18. The zero-order valence-electron chi connectivity index (χ0n) is 12.6. The van der Waals surface area contributed by atoms with Crippen LogP contribution in [-0.2, 0) is 6.54 Å². The molecule has 20 heavy (non-hydrogen) atoms. The molecule has 1 aromatic heterocycles. The van der Waals surface area contributed by atoms with Crippen LogP contribution in [0, 0.1) is 0 Å². The van der Waals surface area contributed by atoms with E-state index in [1.807, 2.05) is 18.5 Å². The quantitative estimate of drug-likeness (QED) is 0.840. The Bertz CT molecular complexity index is 504. The van der Waals surface area contributed by atoms with Gasteiger partial charge >= 0.3 is 0 Å². The van der Waals surface area contributed by atoms with E-state index in [0.29, 0.717) is 6.04 Å². The molecule has 0 unspecified atom stereocenters. The first-order valence-electron chi connectivity index (χ1n) is 7.20. The van der Waals surface area contributed by atoms with Crippen LogP contribution in [0.1, 0.15) is 20.3 Å². The monoisotopic (exact) mass is 272 g/mol. The Balaban J connectivity index is 1.83. The van der Waals surface area contributed by atoms with Crippen LogP contribution in [0.25, 0.3) is 0 Å². The first-order valence-corrected chi connectivity index (χ1v) is 7.20. The Morgan fingerprint density at radius 2 is 2.00 bits per heavy atom. The normalized spacial score (nSPS) is 10.8. The number of aryl methyl sites for hydroxylation is 1. The summed E-state index contributed by atoms with van der Waals surface area (Å²) in [5.41, 5.74) is 1.26. The summed E-state index contributed by atoms with van der Waals surface area (Å²) < 4.78 is 2.18. The largest absolute Gasteiger partial charge is 0.375 e. The number of nitrogens with zero attached hydrogens (tertiary/aromatic N) is 3. The summed E-state index contributed by atoms with van der Waals surface area (Å²) in [6.07, 6.45) is 4.98. The molecule has 0 saturated carbocycles. The van der Waals surface area contributed by atoms with Crippen molar-refractivity contribution in [3.8, 4) is 0 Å². The zero-order chi connectivity index (χ0) is 14.4. The average molecular weight is 272 g/mol. The number of para-hydroxylation sites is 1. The minimum Gasteiger partial charge on any atom is -0.375 e. The lowest BCUT2D eigenvalue weighted by molar-refractivity contribution is 0.637. The van der Waals surface area contributed by atoms with Crippen molar-refractivity contribution in [3.05, 3.63) is 42.7 Å². The van der Waals surface area contributed by atoms with Gasteiger partial charge in [-0.15, -0.1) is 0 Å². The Hall–Kier alpha value is -1.97. The van der Waals surface area contributed by atoms with Gasteiger partial charge in [0.25, 0.3) is 0 Å². The van der Waals surface area contributed by atoms with Gasteiger partial charge in [-0.1, -0.05) is 18.2 Å². The summed E-state index contributed by atoms with van der Waals surface area (Å²) in [5, 5.41) is 3.36. The van der Waals surface area contributed by atoms with E-state index in [1.54, 1.807) is 0 Å². The fourth-order valence-corrected chi connectivity index (χ4v) is 2.18. The third-order valence-corrected chi connectivity index (χ3v) is 3.22. The summed E-state index contributed by atoms with van der Waals surface area (Å²) in [4.78, 5) is 6.63. The highest BCUT2D eigenvalue weighted by atomic mass is 15.2. The summed E-state index contributed by atoms with van der Waals surface area (Å²) in [6.45, 7) is 6.26. The summed E-state index contributed by atoms with van der Waals surface area (Å²) in [6, 6.07) is 10.9. The third kappa shape index (κ3) is 4.02. The second kappa shape index (κ2) is 6.98. The molecule has 0 bridgehead atoms. The Morgan fingerprint density at radius 3 is 2.70 bits per heavy atom. The van der Waals surface area contributed by atoms with Gasteiger partial charge in [0, 0.05) is 44.3 Å². The molecule has 4 nitrogen and oxygen atoms in total. The number of benzene rings is 1. The molecule has 0 aliphatic heterocycles. The summed E-state index contributed by atoms with van der Waals surface area (Å²) in [5.74, 6) is 0.961. The number of hydrogen-bond acceptors (Lipinski definition) is 3. The Morgan fingerprint density at radius 1 is 1.25 bits per heavy atom. The van der Waals surface area contributed by atoms with Gasteiger partial charge in [0.1, 0.15) is 0 Å². The minimum absolute atomic E-state index is 0.406. The lowest BCUT2D eigenvalue weighted by Gasteiger charge is -2.19. The lowest BCUT2D eigenvalue weighted by Crippen LogP contribution is -2.20. The van der Waals surface area contributed by atoms with Crippen LogP contribution in [0.3, 0.4) is 0 Å². The molecule has 0 fully saturated rings. The van der Waals surface area contributed by atoms with Gasteiger partial charge in [0.15, 0.2) is 0 Å². The number of anilines is 2. The van der Waals surface area contributed by atoms with Crippen molar-refractivity contribution in [2.45, 2.75) is 32.9 Å². The van der Waals surface area contributed by atoms with E-state index in [-0.39, 0.29) is 0 Å². The molecular weight excluding hydrogens is 248 g/mol. The van der Waals surface area contributed by atoms with Crippen LogP contribution >= 0.6 is 0 Å². The van der Waals surface area contributed by atoms with E-state index < -0.39 is 0 Å². The van der Waals surface area contributed by atoms with Gasteiger partial charge in [-0.3, -0.25) is 0 Å². The smallest absolute Gasteiger partial charge is 0.202 e. The van der Waals surface area contributed by atoms with Crippen molar-refractivity contribution in [1.82, 2.24) is 9.55 Å². The molecule has 0 radical (unpaired) electrons. The van der Waals surface area contributed by atoms with Crippen LogP contribution in [0.5, 0.6) is 0 Å². The first kappa shape index (κ1) is 14.4. The maximum Gasteiger partial charge on any atom is 0.202 e. The molecule has 0 amide bonds. The van der Waals surface area contributed by atoms with Crippen molar-refractivity contribution < 1.29 is 0 Å². The number of hydrogen-bond donors (Lipinski definition) is 1. The van der Waals surface area contributed by atoms with Crippen molar-refractivity contribution in [2.24, 2.45) is 0 Å². The van der Waals surface area contributed by atoms with Gasteiger partial charge in [-0.2, -0.15) is 0 Å². The SMILES string of the molecule is CC(C)Nc1nccn1CCCN(C)c1ccccc1. The first-order chi connectivity index (χ1) is 9.66. The van der Waals surface area contributed by atoms with E-state index in [0.717, 1.165) is 25.5 Å². The van der Waals surface area contributed by atoms with E-state index >= 15 is 0 Å². The van der Waals surface area contributed by atoms with Gasteiger partial charge in [-0.05, 0) is 32.4 Å². The molecule has 1 N–H and O–H groups in total. The molecule has 1 aromatic carbocycles. The second-order valence-corrected chi connectivity index (χ2v) is 5.35. The van der Waals surface area contributed by atoms with Crippen LogP contribution in [-0.4, -0.2) is 29.2 Å². The number of aromatic nitrogens is 2. The van der Waals surface area contributed by atoms with Crippen molar-refractivity contribution in [3.63, 3.8) is 0 Å². The molecule has 0 atom stereocenters. The van der Waals surface area contributed by atoms with Gasteiger partial charge in [-0.25, -0.2) is 4.98 Å². The standard InChI is InChI=1S/C16H24N4/c1-14(2)18-16-17-10-13-20(16)12-7-11-19(3)15-8-5-4-6-9-15/h4-6,8-10,13-14H,7,11-12H2,1-3H3,(H,17,18). The molecular formula is C16H24N4. The predicted molar refractivity (Wildman–Crippen MR) is 85.3 cm³/mol. The summed E-state index contributed by atoms with van der Waals surface area (Å²) in [7, 11) is 2.14. The summed E-state index contributed by atoms with van der Waals surface area (Å²) >= 11 is 0. The molecule has 0 saturated heterocycles. The van der Waals surface area contributed by atoms with E-state index in [1.165, 1.54) is 5.69 Å². The van der Waals surface area contributed by atoms with Crippen LogP contribution in [0.4, 0.5) is 11.6 Å². The van der Waals surface area contributed by atoms with Gasteiger partial charge < -0.3 is 14.8 Å². The maximum absolute atomic E-state index is 4.35. The third-order valence-electron chi connectivity index (χ3n) is 3.22. The molecule has 2 aromatic rings. The highest BCUT2D eigenvalue weighted by Crippen LogP contribution is 2.12. The molecule has 108 valence electrons. The predicted octanol–water partition coefficient (Wildman–Crippen LogP) is 3.23. The van der Waals surface area contributed by atoms with Gasteiger partial charge in [0.05, 0.1) is 0 Å². The van der Waals surface area contributed by atoms with E-state index in [2.05, 4.69) is 64.9 Å². The molecule has 0 aliphatic carbocycles. The van der Waals surface area contributed by atoms with Crippen molar-refractivity contribution in [1.29, 1.82) is 0 Å². The Kier molecular flexibility index (Phi) is 5.04. The fraction of sp³-hybridized carbons (Fsp3) is 0.438. The zero-order valence-corrected chi connectivity index (χ0v) is 12.6. The maximum atomic E-state index is 4.35. The molecule has 2 rings (SSSR count). The van der Waals surface area contributed by atoms with Crippen LogP contribution < -0.4 is 10.2 Å². The second-order valence-electron chi connectivity index (χ2n) is 5.35. The van der Waals surface area contributed by atoms with Crippen molar-refractivity contribution in [2.75, 3.05) is 23.8 Å². The molecule has 0 spiro atoms. The molecule has 0 aliphatic rings. The molecule has 4 heteroatoms. The van der Waals surface area contributed by atoms with Crippen molar-refractivity contribution >= 4 is 11.6 Å². The average Bonchev–Trinajstić information content (AvgIpc) is 2.86. The van der Waals surface area contributed by atoms with Gasteiger partial charge in [0.2, 0.25) is 5.95 Å². The highest BCUT2D eigenvalue weighted by Gasteiger charge is 2.04. The topological polar surface area (TPSA) is 33.1 Å². The number of imidazole rings is 1. The minimum atomic E-state index is 0.406. The van der Waals surface area contributed by atoms with E-state index in [4.69, 9.17) is 0 Å². The number of rotatable bonds is 7. The van der Waals surface area contributed by atoms with E-state index in [9.17, 15) is 0 Å². The highest BCUT2D eigenvalue weighted by molar-refractivity contribution is 5.44. The van der Waals surface area contributed by atoms with Crippen LogP contribution in [0.2, 0.25) is 0 Å². The number of nitrogens with one attached hydrogen (secondary N) is 1.